The molecule has 0 aliphatic rings. The van der Waals surface area contributed by atoms with Gasteiger partial charge < -0.3 is 20.4 Å². The van der Waals surface area contributed by atoms with Gasteiger partial charge >= 0.3 is 5.97 Å². The van der Waals surface area contributed by atoms with Gasteiger partial charge in [0.1, 0.15) is 0 Å². The van der Waals surface area contributed by atoms with Crippen LogP contribution in [0.25, 0.3) is 0 Å². The Balaban J connectivity index is 3.08. The van der Waals surface area contributed by atoms with Crippen LogP contribution in [0.15, 0.2) is 30.3 Å². The predicted molar refractivity (Wildman–Crippen MR) is 46.2 cm³/mol. The first-order valence-electron chi connectivity index (χ1n) is 3.88. The fourth-order valence-corrected chi connectivity index (χ4v) is 1.18. The summed E-state index contributed by atoms with van der Waals surface area (Å²) in [4.78, 5) is 10.7. The molecule has 1 atom stereocenters. The molecule has 0 heterocycles. The van der Waals surface area contributed by atoms with E-state index in [4.69, 9.17) is 20.4 Å². The van der Waals surface area contributed by atoms with E-state index in [1.54, 1.807) is 6.07 Å². The molecule has 0 saturated carbocycles. The molecule has 4 N–H and O–H groups in total. The van der Waals surface area contributed by atoms with Crippen molar-refractivity contribution in [1.29, 1.82) is 0 Å². The molecule has 5 heteroatoms. The van der Waals surface area contributed by atoms with Crippen molar-refractivity contribution in [2.75, 3.05) is 0 Å². The number of carbonyl (C=O) groups is 1. The zero-order chi connectivity index (χ0) is 10.8. The van der Waals surface area contributed by atoms with Crippen LogP contribution in [-0.4, -0.2) is 32.4 Å². The Morgan fingerprint density at radius 3 is 2.00 bits per heavy atom. The van der Waals surface area contributed by atoms with E-state index in [0.717, 1.165) is 0 Å². The zero-order valence-corrected chi connectivity index (χ0v) is 7.16. The van der Waals surface area contributed by atoms with E-state index in [9.17, 15) is 4.79 Å². The molecule has 0 saturated heterocycles. The number of hydrogen-bond acceptors (Lipinski definition) is 4. The largest absolute Gasteiger partial charge is 0.481 e. The van der Waals surface area contributed by atoms with Crippen molar-refractivity contribution >= 4 is 5.97 Å². The molecular formula is C9H10O5. The van der Waals surface area contributed by atoms with Gasteiger partial charge in [-0.25, -0.2) is 0 Å². The topological polar surface area (TPSA) is 98.0 Å². The fraction of sp³-hybridized carbons (Fsp3) is 0.222. The zero-order valence-electron chi connectivity index (χ0n) is 7.16. The average molecular weight is 198 g/mol. The first-order chi connectivity index (χ1) is 6.43. The number of rotatable bonds is 3. The van der Waals surface area contributed by atoms with Gasteiger partial charge in [0.15, 0.2) is 5.92 Å². The van der Waals surface area contributed by atoms with Crippen molar-refractivity contribution in [3.05, 3.63) is 35.9 Å². The number of hydrogen-bond donors (Lipinski definition) is 4. The highest BCUT2D eigenvalue weighted by Crippen LogP contribution is 2.24. The van der Waals surface area contributed by atoms with Crippen LogP contribution < -0.4 is 0 Å². The van der Waals surface area contributed by atoms with Gasteiger partial charge in [0, 0.05) is 0 Å². The molecule has 1 aromatic carbocycles. The maximum Gasteiger partial charge on any atom is 0.319 e. The Labute approximate surface area is 79.9 Å². The van der Waals surface area contributed by atoms with Crippen LogP contribution in [0.4, 0.5) is 0 Å². The van der Waals surface area contributed by atoms with Crippen LogP contribution in [0.5, 0.6) is 0 Å². The molecule has 1 unspecified atom stereocenters. The maximum absolute atomic E-state index is 10.7. The molecule has 0 bridgehead atoms. The van der Waals surface area contributed by atoms with Gasteiger partial charge in [-0.15, -0.1) is 0 Å². The highest BCUT2D eigenvalue weighted by atomic mass is 16.7. The number of aliphatic hydroxyl groups is 3. The Kier molecular flexibility index (Phi) is 2.85. The van der Waals surface area contributed by atoms with Gasteiger partial charge in [0.05, 0.1) is 0 Å². The molecule has 1 aromatic rings. The van der Waals surface area contributed by atoms with Crippen molar-refractivity contribution in [3.8, 4) is 0 Å². The molecule has 0 aromatic heterocycles. The lowest BCUT2D eigenvalue weighted by atomic mass is 9.97. The van der Waals surface area contributed by atoms with E-state index in [1.165, 1.54) is 24.3 Å². The summed E-state index contributed by atoms with van der Waals surface area (Å²) in [5.41, 5.74) is 0.118. The molecule has 0 radical (unpaired) electrons. The summed E-state index contributed by atoms with van der Waals surface area (Å²) < 4.78 is 0. The maximum atomic E-state index is 10.7. The Morgan fingerprint density at radius 2 is 1.64 bits per heavy atom. The molecule has 14 heavy (non-hydrogen) atoms. The molecule has 5 nitrogen and oxygen atoms in total. The highest BCUT2D eigenvalue weighted by molar-refractivity contribution is 5.77. The van der Waals surface area contributed by atoms with Gasteiger partial charge in [-0.1, -0.05) is 30.3 Å². The molecule has 0 aliphatic heterocycles. The first kappa shape index (κ1) is 10.6. The fourth-order valence-electron chi connectivity index (χ4n) is 1.18. The summed E-state index contributed by atoms with van der Waals surface area (Å²) in [6, 6.07) is 7.50. The first-order valence-corrected chi connectivity index (χ1v) is 3.88. The third kappa shape index (κ3) is 2.29. The van der Waals surface area contributed by atoms with Crippen LogP contribution in [0.1, 0.15) is 11.5 Å². The highest BCUT2D eigenvalue weighted by Gasteiger charge is 2.39. The SMILES string of the molecule is O=C(O)C(c1ccccc1)C(O)(O)O. The molecular weight excluding hydrogens is 188 g/mol. The Hall–Kier alpha value is -1.43. The monoisotopic (exact) mass is 198 g/mol. The Bertz CT molecular complexity index is 314. The van der Waals surface area contributed by atoms with E-state index >= 15 is 0 Å². The van der Waals surface area contributed by atoms with Crippen LogP contribution >= 0.6 is 0 Å². The smallest absolute Gasteiger partial charge is 0.319 e. The van der Waals surface area contributed by atoms with Crippen molar-refractivity contribution in [3.63, 3.8) is 0 Å². The summed E-state index contributed by atoms with van der Waals surface area (Å²) >= 11 is 0. The minimum absolute atomic E-state index is 0.118. The molecule has 0 amide bonds. The number of aliphatic carboxylic acids is 1. The minimum Gasteiger partial charge on any atom is -0.481 e. The van der Waals surface area contributed by atoms with E-state index in [2.05, 4.69) is 0 Å². The van der Waals surface area contributed by atoms with Gasteiger partial charge in [0.2, 0.25) is 0 Å². The quantitative estimate of drug-likeness (QED) is 0.490. The van der Waals surface area contributed by atoms with Crippen LogP contribution in [0, 0.1) is 0 Å². The predicted octanol–water partition coefficient (Wildman–Crippen LogP) is -0.515. The second-order valence-electron chi connectivity index (χ2n) is 2.87. The van der Waals surface area contributed by atoms with Gasteiger partial charge in [-0.3, -0.25) is 4.79 Å². The van der Waals surface area contributed by atoms with Gasteiger partial charge in [0.25, 0.3) is 5.97 Å². The Morgan fingerprint density at radius 1 is 1.14 bits per heavy atom. The lowest BCUT2D eigenvalue weighted by Crippen LogP contribution is -2.40. The average Bonchev–Trinajstić information content (AvgIpc) is 2.02. The van der Waals surface area contributed by atoms with Crippen molar-refractivity contribution in [1.82, 2.24) is 0 Å². The van der Waals surface area contributed by atoms with Crippen LogP contribution in [0.2, 0.25) is 0 Å². The van der Waals surface area contributed by atoms with Gasteiger partial charge in [-0.05, 0) is 5.56 Å². The van der Waals surface area contributed by atoms with Crippen molar-refractivity contribution < 1.29 is 25.2 Å². The van der Waals surface area contributed by atoms with E-state index in [1.807, 2.05) is 0 Å². The third-order valence-corrected chi connectivity index (χ3v) is 1.77. The van der Waals surface area contributed by atoms with Crippen LogP contribution in [-0.2, 0) is 4.79 Å². The second kappa shape index (κ2) is 3.75. The second-order valence-corrected chi connectivity index (χ2v) is 2.87. The summed E-state index contributed by atoms with van der Waals surface area (Å²) in [6.07, 6.45) is 0. The molecule has 0 aliphatic carbocycles. The lowest BCUT2D eigenvalue weighted by molar-refractivity contribution is -0.321. The number of benzene rings is 1. The third-order valence-electron chi connectivity index (χ3n) is 1.77. The van der Waals surface area contributed by atoms with Crippen molar-refractivity contribution in [2.45, 2.75) is 11.9 Å². The summed E-state index contributed by atoms with van der Waals surface area (Å²) in [5, 5.41) is 35.2. The standard InChI is InChI=1S/C9H10O5/c10-8(11)7(9(12,13)14)6-4-2-1-3-5-6/h1-5,7,12-14H,(H,10,11). The number of carboxylic acid groups (broad SMARTS) is 1. The molecule has 0 fully saturated rings. The van der Waals surface area contributed by atoms with E-state index < -0.39 is 17.9 Å². The summed E-state index contributed by atoms with van der Waals surface area (Å²) in [7, 11) is 0. The van der Waals surface area contributed by atoms with E-state index in [0.29, 0.717) is 0 Å². The summed E-state index contributed by atoms with van der Waals surface area (Å²) in [6.45, 7) is 0. The van der Waals surface area contributed by atoms with Crippen molar-refractivity contribution in [2.24, 2.45) is 0 Å². The number of carboxylic acids is 1. The molecule has 76 valence electrons. The minimum atomic E-state index is -3.26. The molecule has 0 spiro atoms. The van der Waals surface area contributed by atoms with Gasteiger partial charge in [-0.2, -0.15) is 0 Å². The summed E-state index contributed by atoms with van der Waals surface area (Å²) in [5.74, 6) is -6.54. The normalized spacial score (nSPS) is 13.6. The van der Waals surface area contributed by atoms with E-state index in [-0.39, 0.29) is 5.56 Å². The molecule has 1 rings (SSSR count). The lowest BCUT2D eigenvalue weighted by Gasteiger charge is -2.22. The van der Waals surface area contributed by atoms with Crippen LogP contribution in [0.3, 0.4) is 0 Å².